The molecule has 0 spiro atoms. The van der Waals surface area contributed by atoms with E-state index in [9.17, 15) is 123 Å². The molecule has 0 radical (unpaired) electrons. The summed E-state index contributed by atoms with van der Waals surface area (Å²) in [7, 11) is -9.87. The lowest BCUT2D eigenvalue weighted by atomic mass is 9.97. The molecule has 5 saturated heterocycles. The monoisotopic (exact) mass is 2040 g/mol. The van der Waals surface area contributed by atoms with Crippen molar-refractivity contribution in [3.05, 3.63) is 12.7 Å². The number of phosphoric acid groups is 1. The third-order valence-electron chi connectivity index (χ3n) is 23.3. The van der Waals surface area contributed by atoms with Crippen molar-refractivity contribution in [2.24, 2.45) is 0 Å². The van der Waals surface area contributed by atoms with Crippen molar-refractivity contribution >= 4 is 97.3 Å². The smallest absolute Gasteiger partial charge is 0.268 e. The molecule has 0 aromatic carbocycles. The molecule has 5 aliphatic heterocycles. The number of aromatic nitrogens is 4. The summed E-state index contributed by atoms with van der Waals surface area (Å²) in [6.07, 6.45) is -16.5. The van der Waals surface area contributed by atoms with Gasteiger partial charge in [-0.15, -0.1) is 0 Å². The van der Waals surface area contributed by atoms with Gasteiger partial charge in [-0.25, -0.2) is 15.0 Å². The number of phosphoric ester groups is 1. The van der Waals surface area contributed by atoms with Crippen molar-refractivity contribution < 1.29 is 184 Å². The Balaban J connectivity index is 0.949. The number of unbranched alkanes of at least 4 members (excludes halogenated alkanes) is 4. The molecule has 0 bridgehead atoms. The number of aliphatic hydroxyl groups is 10. The zero-order valence-electron chi connectivity index (χ0n) is 79.6. The van der Waals surface area contributed by atoms with Gasteiger partial charge < -0.3 is 185 Å². The van der Waals surface area contributed by atoms with E-state index in [4.69, 9.17) is 66.7 Å². The van der Waals surface area contributed by atoms with E-state index in [0.29, 0.717) is 64.2 Å². The summed E-state index contributed by atoms with van der Waals surface area (Å²) in [6.45, 7) is 1.76. The molecule has 8 unspecified atom stereocenters. The molecular formula is C85H143N15O38P2-2. The molecule has 53 nitrogen and oxygen atoms in total. The molecule has 140 heavy (non-hydrogen) atoms. The van der Waals surface area contributed by atoms with Gasteiger partial charge in [0.2, 0.25) is 59.1 Å². The number of nitrogen functional groups attached to an aromatic ring is 1. The summed E-state index contributed by atoms with van der Waals surface area (Å²) in [6, 6.07) is -4.46. The Kier molecular flexibility index (Phi) is 52.3. The summed E-state index contributed by atoms with van der Waals surface area (Å²) < 4.78 is 103. The molecule has 5 fully saturated rings. The van der Waals surface area contributed by atoms with Crippen LogP contribution in [0.1, 0.15) is 182 Å². The first-order valence-corrected chi connectivity index (χ1v) is 50.3. The Morgan fingerprint density at radius 3 is 1.34 bits per heavy atom. The van der Waals surface area contributed by atoms with Crippen LogP contribution in [-0.2, 0) is 123 Å². The number of imidazole rings is 1. The number of aliphatic hydroxyl groups excluding tert-OH is 10. The van der Waals surface area contributed by atoms with Crippen molar-refractivity contribution in [1.29, 1.82) is 0 Å². The molecule has 22 atom stereocenters. The summed E-state index contributed by atoms with van der Waals surface area (Å²) in [4.78, 5) is 182. The van der Waals surface area contributed by atoms with Crippen LogP contribution >= 0.6 is 15.4 Å². The van der Waals surface area contributed by atoms with E-state index in [2.05, 4.69) is 62.8 Å². The number of fused-ring (bicyclic) bond motifs is 1. The Bertz CT molecular complexity index is 4050. The van der Waals surface area contributed by atoms with Gasteiger partial charge >= 0.3 is 0 Å². The molecule has 2 aromatic heterocycles. The van der Waals surface area contributed by atoms with Crippen LogP contribution in [-0.4, -0.2) is 400 Å². The van der Waals surface area contributed by atoms with Crippen molar-refractivity contribution in [2.45, 2.75) is 310 Å². The normalized spacial score (nSPS) is 26.5. The number of carbonyl (C=O) groups excluding carboxylic acids is 11. The topological polar surface area (TPSA) is 771 Å². The number of anilines is 1. The number of Topliss-reactive ketones (excluding diaryl/α,β-unsaturated/α-hetero) is 1. The van der Waals surface area contributed by atoms with Gasteiger partial charge in [-0.05, 0) is 77.0 Å². The number of β-amino-alcohol motifs (C(OH)–C–C–N with tert-alkyl or cyclic N) is 1. The maximum atomic E-state index is 14.4. The van der Waals surface area contributed by atoms with Crippen LogP contribution in [0.15, 0.2) is 12.7 Å². The van der Waals surface area contributed by atoms with Gasteiger partial charge in [-0.1, -0.05) is 13.8 Å². The van der Waals surface area contributed by atoms with E-state index in [1.165, 1.54) is 56.7 Å². The highest BCUT2D eigenvalue weighted by atomic mass is 31.2. The number of ketones is 1. The molecule has 0 aliphatic carbocycles. The highest BCUT2D eigenvalue weighted by Crippen LogP contribution is 2.48. The lowest BCUT2D eigenvalue weighted by Crippen LogP contribution is -2.64. The van der Waals surface area contributed by atoms with Crippen molar-refractivity contribution in [3.63, 3.8) is 0 Å². The van der Waals surface area contributed by atoms with E-state index in [-0.39, 0.29) is 196 Å². The number of hydrogen-bond acceptors (Lipinski definition) is 42. The second-order valence-corrected chi connectivity index (χ2v) is 38.9. The highest BCUT2D eigenvalue weighted by Gasteiger charge is 2.50. The second-order valence-electron chi connectivity index (χ2n) is 35.2. The summed E-state index contributed by atoms with van der Waals surface area (Å²) in [5, 5.41) is 127. The number of ether oxygens (including phenoxy) is 10. The minimum Gasteiger partial charge on any atom is -0.778 e. The lowest BCUT2D eigenvalue weighted by Gasteiger charge is -2.42. The van der Waals surface area contributed by atoms with Gasteiger partial charge in [0, 0.05) is 150 Å². The minimum atomic E-state index is -5.39. The number of likely N-dealkylation sites (tertiary alicyclic amines) is 1. The van der Waals surface area contributed by atoms with Gasteiger partial charge in [0.1, 0.15) is 116 Å². The third kappa shape index (κ3) is 40.6. The number of nitrogens with two attached hydrogens (primary N) is 1. The number of amides is 10. The zero-order chi connectivity index (χ0) is 103. The van der Waals surface area contributed by atoms with Gasteiger partial charge in [0.25, 0.3) is 7.82 Å². The SMILES string of the molecule is CC(=O)NC1[C@H](OCCCCC(=O)NCCCCC(=O)CCOCC(COCCC(=O)NCCCNC(=O)CCCCO[C@@H]2OC(CO)[C@H](O)[C@H](O)C2NC(C)=O)(COCCC(=O)NCCCNC(=O)CCCCO[C@@H]2OC(CO)[C@H](O)[C@H](O)C2NC(C)=O)NC(=O)CCCC(=O)N2C[C@H](O)C[C@H]2COP(=O)([O-])O[C@H]2C[C@H](n3cnc4c(N)ncnc43)O[C@@H]2COP(=O)([O-])C(C)C)OC(CO)[C@H](O)[C@@H]1O. The largest absolute Gasteiger partial charge is 0.778 e. The average molecular weight is 2050 g/mol. The molecule has 7 rings (SSSR count). The standard InChI is InChI=1S/C85H145N15O38P2/c1-50(2)139(122,123)132-44-61-57(38-69(134-61)100-49-94-73-80(86)92-48-93-81(73)100)138-140(124,125)133-43-54-37-56(108)39-99(54)68(115)22-14-21-67(114)98-85(45-126-34-23-55(107)17-6-10-26-87-62(109)18-7-11-31-129-82-70(95-51(3)104)77(119)74(116)58(40-101)135-82,46-127-35-24-65(112)90-29-15-27-88-63(110)19-8-12-32-130-83-71(96-52(4)105)78(120)75(117)59(41-102)136-83)47-128-36-25-66(113)91-30-16-28-89-64(111)20-9-13-33-131-84-72(97-53(5)106)79(121)76(118)60(42-103)137-84/h48-50,54,56-61,69-72,74-79,82-84,101-103,108,116-121H,6-47H2,1-5H3,(H,87,109)(H,88,110)(H,89,111)(H,90,112)(H,91,113)(H,95,104)(H,96,105)(H,97,106)(H,98,114)(H,122,123)(H,124,125)(H2,86,92,93)/p-2/t54-,56+,57-,58?,59?,60?,61+,69+,70?,71?,72?,74-,75-,76-,77+,78+,79+,82+,83+,84+,85?/m0/s1. The van der Waals surface area contributed by atoms with Crippen LogP contribution in [0.2, 0.25) is 0 Å². The zero-order valence-corrected chi connectivity index (χ0v) is 81.4. The van der Waals surface area contributed by atoms with Crippen LogP contribution in [0.25, 0.3) is 11.2 Å². The predicted molar refractivity (Wildman–Crippen MR) is 481 cm³/mol. The molecule has 2 aromatic rings. The van der Waals surface area contributed by atoms with E-state index in [0.717, 1.165) is 0 Å². The second kappa shape index (κ2) is 61.5. The molecule has 798 valence electrons. The first-order chi connectivity index (χ1) is 66.7. The Labute approximate surface area is 809 Å². The quantitative estimate of drug-likeness (QED) is 0.0216. The van der Waals surface area contributed by atoms with Crippen LogP contribution in [0.4, 0.5) is 5.82 Å². The molecule has 0 saturated carbocycles. The van der Waals surface area contributed by atoms with E-state index in [1.807, 2.05) is 0 Å². The lowest BCUT2D eigenvalue weighted by molar-refractivity contribution is -0.270. The first kappa shape index (κ1) is 119. The summed E-state index contributed by atoms with van der Waals surface area (Å²) in [5.41, 5.74) is 3.77. The molecule has 10 amide bonds. The van der Waals surface area contributed by atoms with E-state index >= 15 is 0 Å². The van der Waals surface area contributed by atoms with Crippen LogP contribution in [0.5, 0.6) is 0 Å². The fraction of sp³-hybridized carbons (Fsp3) is 0.812. The fourth-order valence-corrected chi connectivity index (χ4v) is 17.3. The molecule has 7 heterocycles. The number of nitrogens with one attached hydrogen (secondary N) is 9. The van der Waals surface area contributed by atoms with Gasteiger partial charge in [0.15, 0.2) is 30.3 Å². The molecule has 21 N–H and O–H groups in total. The minimum absolute atomic E-state index is 0.0320. The van der Waals surface area contributed by atoms with Crippen molar-refractivity contribution in [3.8, 4) is 0 Å². The molecular weight excluding hydrogens is 1900 g/mol. The number of rotatable bonds is 67. The van der Waals surface area contributed by atoms with Crippen LogP contribution < -0.4 is 63.4 Å². The fourth-order valence-electron chi connectivity index (χ4n) is 15.7. The first-order valence-electron chi connectivity index (χ1n) is 47.3. The Hall–Kier alpha value is -7.82. The summed E-state index contributed by atoms with van der Waals surface area (Å²) in [5.74, 6) is -4.92. The number of nitrogens with zero attached hydrogens (tertiary/aromatic N) is 5. The molecule has 55 heteroatoms. The van der Waals surface area contributed by atoms with Crippen LogP contribution in [0, 0.1) is 0 Å². The van der Waals surface area contributed by atoms with Gasteiger partial charge in [0.05, 0.1) is 97.3 Å². The van der Waals surface area contributed by atoms with Crippen molar-refractivity contribution in [1.82, 2.24) is 72.3 Å². The van der Waals surface area contributed by atoms with Crippen LogP contribution in [0.3, 0.4) is 0 Å². The third-order valence-corrected chi connectivity index (χ3v) is 26.1. The predicted octanol–water partition coefficient (Wildman–Crippen LogP) is -6.76. The van der Waals surface area contributed by atoms with Gasteiger partial charge in [-0.3, -0.25) is 61.9 Å². The number of carbonyl (C=O) groups is 11. The number of hydrogen-bond donors (Lipinski definition) is 20. The average Bonchev–Trinajstić information content (AvgIpc) is 1.66. The van der Waals surface area contributed by atoms with Crippen molar-refractivity contribution in [2.75, 3.05) is 137 Å². The highest BCUT2D eigenvalue weighted by molar-refractivity contribution is 7.52. The summed E-state index contributed by atoms with van der Waals surface area (Å²) >= 11 is 0. The van der Waals surface area contributed by atoms with E-state index in [1.54, 1.807) is 0 Å². The molecule has 5 aliphatic rings. The maximum absolute atomic E-state index is 14.4. The Morgan fingerprint density at radius 2 is 0.907 bits per heavy atom. The Morgan fingerprint density at radius 1 is 0.486 bits per heavy atom. The maximum Gasteiger partial charge on any atom is 0.268 e. The van der Waals surface area contributed by atoms with Gasteiger partial charge in [-0.2, -0.15) is 0 Å². The van der Waals surface area contributed by atoms with E-state index < -0.39 is 243 Å².